The molecule has 1 aliphatic rings. The van der Waals surface area contributed by atoms with Crippen molar-refractivity contribution in [2.75, 3.05) is 32.8 Å². The zero-order chi connectivity index (χ0) is 14.2. The molecule has 20 heavy (non-hydrogen) atoms. The molecule has 1 aromatic carbocycles. The lowest BCUT2D eigenvalue weighted by Crippen LogP contribution is -2.36. The number of halogens is 1. The van der Waals surface area contributed by atoms with E-state index in [1.165, 1.54) is 19.4 Å². The van der Waals surface area contributed by atoms with E-state index >= 15 is 0 Å². The second-order valence-corrected chi connectivity index (χ2v) is 5.91. The Hall–Kier alpha value is -0.770. The maximum atomic E-state index is 9.02. The molecule has 2 rings (SSSR count). The smallest absolute Gasteiger partial charge is 0.119 e. The van der Waals surface area contributed by atoms with Crippen molar-refractivity contribution in [2.24, 2.45) is 5.92 Å². The van der Waals surface area contributed by atoms with Crippen molar-refractivity contribution < 1.29 is 9.84 Å². The largest absolute Gasteiger partial charge is 0.494 e. The first-order valence-corrected chi connectivity index (χ1v) is 7.87. The van der Waals surface area contributed by atoms with Crippen molar-refractivity contribution in [3.8, 4) is 5.75 Å². The normalized spacial score (nSPS) is 20.0. The van der Waals surface area contributed by atoms with Gasteiger partial charge in [-0.3, -0.25) is 0 Å². The summed E-state index contributed by atoms with van der Waals surface area (Å²) < 4.78 is 5.70. The van der Waals surface area contributed by atoms with Crippen LogP contribution in [0.2, 0.25) is 5.02 Å². The van der Waals surface area contributed by atoms with E-state index in [0.717, 1.165) is 43.3 Å². The second-order valence-electron chi connectivity index (χ2n) is 5.48. The van der Waals surface area contributed by atoms with Crippen LogP contribution in [-0.2, 0) is 0 Å². The third kappa shape index (κ3) is 5.31. The summed E-state index contributed by atoms with van der Waals surface area (Å²) in [5, 5.41) is 9.75. The molecule has 0 aliphatic carbocycles. The van der Waals surface area contributed by atoms with Crippen LogP contribution in [0.15, 0.2) is 24.3 Å². The monoisotopic (exact) mass is 297 g/mol. The predicted molar refractivity (Wildman–Crippen MR) is 82.4 cm³/mol. The number of piperidine rings is 1. The molecule has 1 aromatic rings. The minimum Gasteiger partial charge on any atom is -0.494 e. The van der Waals surface area contributed by atoms with Crippen molar-refractivity contribution in [3.63, 3.8) is 0 Å². The van der Waals surface area contributed by atoms with Crippen molar-refractivity contribution in [2.45, 2.75) is 25.7 Å². The number of aliphatic hydroxyl groups excluding tert-OH is 1. The van der Waals surface area contributed by atoms with Gasteiger partial charge >= 0.3 is 0 Å². The van der Waals surface area contributed by atoms with Gasteiger partial charge in [0.1, 0.15) is 5.75 Å². The summed E-state index contributed by atoms with van der Waals surface area (Å²) in [5.41, 5.74) is 0. The summed E-state index contributed by atoms with van der Waals surface area (Å²) >= 11 is 5.83. The van der Waals surface area contributed by atoms with E-state index in [-0.39, 0.29) is 0 Å². The molecule has 1 N–H and O–H groups in total. The van der Waals surface area contributed by atoms with E-state index in [0.29, 0.717) is 12.5 Å². The Bertz CT molecular complexity index is 381. The summed E-state index contributed by atoms with van der Waals surface area (Å²) in [6.45, 7) is 4.45. The van der Waals surface area contributed by atoms with E-state index in [9.17, 15) is 0 Å². The number of likely N-dealkylation sites (tertiary alicyclic amines) is 1. The van der Waals surface area contributed by atoms with Crippen LogP contribution in [0.25, 0.3) is 0 Å². The summed E-state index contributed by atoms with van der Waals surface area (Å²) in [6.07, 6.45) is 4.49. The first-order chi connectivity index (χ1) is 9.78. The number of ether oxygens (including phenoxy) is 1. The van der Waals surface area contributed by atoms with Crippen LogP contribution >= 0.6 is 11.6 Å². The molecule has 1 atom stereocenters. The summed E-state index contributed by atoms with van der Waals surface area (Å²) in [4.78, 5) is 2.50. The number of aliphatic hydroxyl groups is 1. The Labute approximate surface area is 126 Å². The Morgan fingerprint density at radius 1 is 1.30 bits per heavy atom. The molecular weight excluding hydrogens is 274 g/mol. The Morgan fingerprint density at radius 3 is 2.85 bits per heavy atom. The first kappa shape index (κ1) is 15.6. The minimum absolute atomic E-state index is 0.318. The zero-order valence-electron chi connectivity index (χ0n) is 11.9. The van der Waals surface area contributed by atoms with Gasteiger partial charge in [0.2, 0.25) is 0 Å². The molecular formula is C16H24ClNO2. The fourth-order valence-corrected chi connectivity index (χ4v) is 2.91. The van der Waals surface area contributed by atoms with Gasteiger partial charge in [-0.25, -0.2) is 0 Å². The highest BCUT2D eigenvalue weighted by molar-refractivity contribution is 6.30. The van der Waals surface area contributed by atoms with Crippen LogP contribution in [0.4, 0.5) is 0 Å². The molecule has 1 fully saturated rings. The quantitative estimate of drug-likeness (QED) is 0.785. The predicted octanol–water partition coefficient (Wildman–Crippen LogP) is 3.20. The molecule has 0 saturated carbocycles. The zero-order valence-corrected chi connectivity index (χ0v) is 12.7. The molecule has 0 spiro atoms. The first-order valence-electron chi connectivity index (χ1n) is 7.49. The van der Waals surface area contributed by atoms with Crippen molar-refractivity contribution in [1.29, 1.82) is 0 Å². The molecule has 3 nitrogen and oxygen atoms in total. The summed E-state index contributed by atoms with van der Waals surface area (Å²) in [5.74, 6) is 1.55. The maximum Gasteiger partial charge on any atom is 0.119 e. The van der Waals surface area contributed by atoms with Crippen molar-refractivity contribution in [3.05, 3.63) is 29.3 Å². The molecule has 1 saturated heterocycles. The fraction of sp³-hybridized carbons (Fsp3) is 0.625. The van der Waals surface area contributed by atoms with Crippen LogP contribution in [0.5, 0.6) is 5.75 Å². The average Bonchev–Trinajstić information content (AvgIpc) is 2.46. The Balaban J connectivity index is 1.62. The van der Waals surface area contributed by atoms with E-state index in [2.05, 4.69) is 4.90 Å². The van der Waals surface area contributed by atoms with Gasteiger partial charge in [-0.1, -0.05) is 11.6 Å². The van der Waals surface area contributed by atoms with E-state index in [4.69, 9.17) is 21.4 Å². The summed E-state index contributed by atoms with van der Waals surface area (Å²) in [6, 6.07) is 7.50. The third-order valence-corrected chi connectivity index (χ3v) is 4.09. The van der Waals surface area contributed by atoms with Gasteiger partial charge in [0.25, 0.3) is 0 Å². The highest BCUT2D eigenvalue weighted by Crippen LogP contribution is 2.19. The lowest BCUT2D eigenvalue weighted by molar-refractivity contribution is 0.140. The number of hydrogen-bond donors (Lipinski definition) is 1. The molecule has 1 unspecified atom stereocenters. The third-order valence-electron chi connectivity index (χ3n) is 3.84. The Kier molecular flexibility index (Phi) is 6.64. The highest BCUT2D eigenvalue weighted by Gasteiger charge is 2.18. The topological polar surface area (TPSA) is 32.7 Å². The standard InChI is InChI=1S/C16H24ClNO2/c17-15-4-6-16(7-5-15)20-12-2-10-18-9-1-3-14(13-18)8-11-19/h4-7,14,19H,1-3,8-13H2. The summed E-state index contributed by atoms with van der Waals surface area (Å²) in [7, 11) is 0. The van der Waals surface area contributed by atoms with Gasteiger partial charge in [0, 0.05) is 24.7 Å². The number of nitrogens with zero attached hydrogens (tertiary/aromatic N) is 1. The van der Waals surface area contributed by atoms with Gasteiger partial charge in [-0.2, -0.15) is 0 Å². The number of hydrogen-bond acceptors (Lipinski definition) is 3. The lowest BCUT2D eigenvalue weighted by Gasteiger charge is -2.32. The molecule has 0 amide bonds. The second kappa shape index (κ2) is 8.50. The van der Waals surface area contributed by atoms with Gasteiger partial charge in [0.05, 0.1) is 6.61 Å². The van der Waals surface area contributed by atoms with Crippen LogP contribution in [0, 0.1) is 5.92 Å². The van der Waals surface area contributed by atoms with Crippen molar-refractivity contribution in [1.82, 2.24) is 4.90 Å². The fourth-order valence-electron chi connectivity index (χ4n) is 2.78. The minimum atomic E-state index is 0.318. The lowest BCUT2D eigenvalue weighted by atomic mass is 9.95. The molecule has 0 bridgehead atoms. The van der Waals surface area contributed by atoms with Gasteiger partial charge < -0.3 is 14.7 Å². The van der Waals surface area contributed by atoms with Crippen molar-refractivity contribution >= 4 is 11.6 Å². The van der Waals surface area contributed by atoms with E-state index in [1.807, 2.05) is 24.3 Å². The van der Waals surface area contributed by atoms with Gasteiger partial charge in [0.15, 0.2) is 0 Å². The average molecular weight is 298 g/mol. The van der Waals surface area contributed by atoms with Crippen LogP contribution in [0.1, 0.15) is 25.7 Å². The SMILES string of the molecule is OCCC1CCCN(CCCOc2ccc(Cl)cc2)C1. The number of benzene rings is 1. The molecule has 1 heterocycles. The Morgan fingerprint density at radius 2 is 2.10 bits per heavy atom. The molecule has 0 radical (unpaired) electrons. The number of rotatable bonds is 7. The molecule has 1 aliphatic heterocycles. The van der Waals surface area contributed by atoms with Crippen LogP contribution < -0.4 is 4.74 Å². The van der Waals surface area contributed by atoms with Gasteiger partial charge in [-0.05, 0) is 62.4 Å². The van der Waals surface area contributed by atoms with E-state index < -0.39 is 0 Å². The van der Waals surface area contributed by atoms with E-state index in [1.54, 1.807) is 0 Å². The highest BCUT2D eigenvalue weighted by atomic mass is 35.5. The van der Waals surface area contributed by atoms with Gasteiger partial charge in [-0.15, -0.1) is 0 Å². The molecule has 4 heteroatoms. The molecule has 112 valence electrons. The van der Waals surface area contributed by atoms with Crippen LogP contribution in [-0.4, -0.2) is 42.9 Å². The van der Waals surface area contributed by atoms with Crippen LogP contribution in [0.3, 0.4) is 0 Å². The molecule has 0 aromatic heterocycles. The maximum absolute atomic E-state index is 9.02.